The third-order valence-electron chi connectivity index (χ3n) is 2.69. The van der Waals surface area contributed by atoms with E-state index in [4.69, 9.17) is 5.84 Å². The Morgan fingerprint density at radius 3 is 3.06 bits per heavy atom. The second kappa shape index (κ2) is 2.85. The van der Waals surface area contributed by atoms with E-state index in [-0.39, 0.29) is 5.56 Å². The van der Waals surface area contributed by atoms with Crippen LogP contribution in [0.4, 0.5) is 0 Å². The molecule has 0 amide bonds. The molecule has 0 unspecified atom stereocenters. The molecule has 0 aliphatic carbocycles. The standard InChI is InChI=1S/C11H10N4O/c1-6-2-3-8-7(4-6)9-10(14-8)11(16)15(12)5-13-9/h2-5,14H,12H2,1H3. The highest BCUT2D eigenvalue weighted by atomic mass is 16.1. The fourth-order valence-corrected chi connectivity index (χ4v) is 1.88. The molecule has 3 N–H and O–H groups in total. The lowest BCUT2D eigenvalue weighted by atomic mass is 10.2. The van der Waals surface area contributed by atoms with Crippen LogP contribution in [0.3, 0.4) is 0 Å². The van der Waals surface area contributed by atoms with Crippen molar-refractivity contribution in [2.45, 2.75) is 6.92 Å². The van der Waals surface area contributed by atoms with E-state index < -0.39 is 0 Å². The number of hydrogen-bond acceptors (Lipinski definition) is 3. The first-order valence-corrected chi connectivity index (χ1v) is 4.91. The number of fused-ring (bicyclic) bond motifs is 3. The number of aromatic amines is 1. The summed E-state index contributed by atoms with van der Waals surface area (Å²) < 4.78 is 0.977. The number of nitrogens with two attached hydrogens (primary N) is 1. The average molecular weight is 214 g/mol. The van der Waals surface area contributed by atoms with Gasteiger partial charge in [0, 0.05) is 10.9 Å². The van der Waals surface area contributed by atoms with Gasteiger partial charge in [0.05, 0.1) is 0 Å². The second-order valence-electron chi connectivity index (χ2n) is 3.85. The van der Waals surface area contributed by atoms with Crippen LogP contribution in [0.2, 0.25) is 0 Å². The van der Waals surface area contributed by atoms with Crippen LogP contribution in [-0.2, 0) is 0 Å². The zero-order chi connectivity index (χ0) is 11.3. The summed E-state index contributed by atoms with van der Waals surface area (Å²) >= 11 is 0. The van der Waals surface area contributed by atoms with Crippen molar-refractivity contribution in [1.82, 2.24) is 14.6 Å². The first-order chi connectivity index (χ1) is 7.66. The molecule has 80 valence electrons. The van der Waals surface area contributed by atoms with Gasteiger partial charge in [0.25, 0.3) is 5.56 Å². The number of hydrogen-bond donors (Lipinski definition) is 2. The Bertz CT molecular complexity index is 754. The Labute approximate surface area is 90.5 Å². The number of aromatic nitrogens is 3. The molecule has 5 heteroatoms. The third kappa shape index (κ3) is 1.05. The molecule has 16 heavy (non-hydrogen) atoms. The van der Waals surface area contributed by atoms with Gasteiger partial charge in [-0.15, -0.1) is 0 Å². The van der Waals surface area contributed by atoms with Gasteiger partial charge in [0.15, 0.2) is 0 Å². The number of nitrogens with one attached hydrogen (secondary N) is 1. The normalized spacial score (nSPS) is 11.3. The van der Waals surface area contributed by atoms with Gasteiger partial charge in [0.1, 0.15) is 17.4 Å². The Morgan fingerprint density at radius 2 is 2.25 bits per heavy atom. The summed E-state index contributed by atoms with van der Waals surface area (Å²) in [5.74, 6) is 5.46. The molecule has 0 atom stereocenters. The predicted octanol–water partition coefficient (Wildman–Crippen LogP) is 0.900. The lowest BCUT2D eigenvalue weighted by molar-refractivity contribution is 0.911. The van der Waals surface area contributed by atoms with Crippen LogP contribution in [0.25, 0.3) is 21.9 Å². The van der Waals surface area contributed by atoms with Gasteiger partial charge in [-0.25, -0.2) is 9.66 Å². The number of aryl methyl sites for hydroxylation is 1. The summed E-state index contributed by atoms with van der Waals surface area (Å²) in [6.45, 7) is 2.00. The summed E-state index contributed by atoms with van der Waals surface area (Å²) in [7, 11) is 0. The fourth-order valence-electron chi connectivity index (χ4n) is 1.88. The van der Waals surface area contributed by atoms with Crippen LogP contribution in [-0.4, -0.2) is 14.6 Å². The molecule has 0 aliphatic heterocycles. The van der Waals surface area contributed by atoms with Crippen molar-refractivity contribution >= 4 is 21.9 Å². The Hall–Kier alpha value is -2.30. The molecule has 0 saturated carbocycles. The molecule has 5 nitrogen and oxygen atoms in total. The maximum absolute atomic E-state index is 11.7. The van der Waals surface area contributed by atoms with Crippen molar-refractivity contribution in [2.75, 3.05) is 5.84 Å². The topological polar surface area (TPSA) is 76.7 Å². The minimum absolute atomic E-state index is 0.265. The quantitative estimate of drug-likeness (QED) is 0.546. The predicted molar refractivity (Wildman–Crippen MR) is 62.7 cm³/mol. The molecule has 0 radical (unpaired) electrons. The first-order valence-electron chi connectivity index (χ1n) is 4.91. The van der Waals surface area contributed by atoms with Gasteiger partial charge >= 0.3 is 0 Å². The van der Waals surface area contributed by atoms with E-state index in [2.05, 4.69) is 9.97 Å². The molecule has 0 bridgehead atoms. The highest BCUT2D eigenvalue weighted by molar-refractivity contribution is 6.04. The zero-order valence-electron chi connectivity index (χ0n) is 8.69. The van der Waals surface area contributed by atoms with E-state index in [0.29, 0.717) is 11.0 Å². The minimum Gasteiger partial charge on any atom is -0.349 e. The maximum Gasteiger partial charge on any atom is 0.295 e. The van der Waals surface area contributed by atoms with Gasteiger partial charge in [-0.05, 0) is 19.1 Å². The fraction of sp³-hybridized carbons (Fsp3) is 0.0909. The summed E-state index contributed by atoms with van der Waals surface area (Å²) in [5.41, 5.74) is 2.89. The van der Waals surface area contributed by atoms with E-state index in [9.17, 15) is 4.79 Å². The van der Waals surface area contributed by atoms with Gasteiger partial charge in [-0.2, -0.15) is 0 Å². The lowest BCUT2D eigenvalue weighted by Gasteiger charge is -1.95. The molecular formula is C11H10N4O. The number of nitrogens with zero attached hydrogens (tertiary/aromatic N) is 2. The van der Waals surface area contributed by atoms with Gasteiger partial charge in [0.2, 0.25) is 0 Å². The number of H-pyrrole nitrogens is 1. The van der Waals surface area contributed by atoms with Crippen LogP contribution in [0, 0.1) is 6.92 Å². The van der Waals surface area contributed by atoms with Crippen LogP contribution in [0.15, 0.2) is 29.3 Å². The van der Waals surface area contributed by atoms with Gasteiger partial charge in [-0.3, -0.25) is 4.79 Å². The van der Waals surface area contributed by atoms with Crippen LogP contribution in [0.5, 0.6) is 0 Å². The SMILES string of the molecule is Cc1ccc2[nH]c3c(=O)n(N)cnc3c2c1. The summed E-state index contributed by atoms with van der Waals surface area (Å²) in [6, 6.07) is 5.92. The minimum atomic E-state index is -0.265. The van der Waals surface area contributed by atoms with Crippen molar-refractivity contribution in [2.24, 2.45) is 0 Å². The van der Waals surface area contributed by atoms with E-state index >= 15 is 0 Å². The number of rotatable bonds is 0. The van der Waals surface area contributed by atoms with Crippen molar-refractivity contribution in [1.29, 1.82) is 0 Å². The van der Waals surface area contributed by atoms with Crippen molar-refractivity contribution in [3.63, 3.8) is 0 Å². The molecule has 1 aromatic carbocycles. The maximum atomic E-state index is 11.7. The first kappa shape index (κ1) is 8.96. The van der Waals surface area contributed by atoms with Gasteiger partial charge < -0.3 is 10.8 Å². The number of benzene rings is 1. The molecule has 0 fully saturated rings. The average Bonchev–Trinajstić information content (AvgIpc) is 2.62. The van der Waals surface area contributed by atoms with Crippen molar-refractivity contribution < 1.29 is 0 Å². The third-order valence-corrected chi connectivity index (χ3v) is 2.69. The lowest BCUT2D eigenvalue weighted by Crippen LogP contribution is -2.27. The molecule has 0 saturated heterocycles. The van der Waals surface area contributed by atoms with E-state index in [0.717, 1.165) is 21.1 Å². The molecule has 0 aliphatic rings. The molecule has 3 rings (SSSR count). The van der Waals surface area contributed by atoms with E-state index in [1.54, 1.807) is 0 Å². The van der Waals surface area contributed by atoms with Crippen LogP contribution >= 0.6 is 0 Å². The number of nitrogen functional groups attached to an aromatic ring is 1. The van der Waals surface area contributed by atoms with Gasteiger partial charge in [-0.1, -0.05) is 11.6 Å². The highest BCUT2D eigenvalue weighted by Gasteiger charge is 2.09. The van der Waals surface area contributed by atoms with Crippen LogP contribution in [0.1, 0.15) is 5.56 Å². The van der Waals surface area contributed by atoms with E-state index in [1.165, 1.54) is 6.33 Å². The Morgan fingerprint density at radius 1 is 1.44 bits per heavy atom. The van der Waals surface area contributed by atoms with Crippen LogP contribution < -0.4 is 11.4 Å². The highest BCUT2D eigenvalue weighted by Crippen LogP contribution is 2.21. The molecule has 2 aromatic heterocycles. The molecular weight excluding hydrogens is 204 g/mol. The summed E-state index contributed by atoms with van der Waals surface area (Å²) in [4.78, 5) is 19.0. The zero-order valence-corrected chi connectivity index (χ0v) is 8.69. The Kier molecular flexibility index (Phi) is 1.60. The Balaban J connectivity index is 2.61. The molecule has 3 aromatic rings. The molecule has 2 heterocycles. The second-order valence-corrected chi connectivity index (χ2v) is 3.85. The largest absolute Gasteiger partial charge is 0.349 e. The van der Waals surface area contributed by atoms with Crippen molar-refractivity contribution in [3.8, 4) is 0 Å². The smallest absolute Gasteiger partial charge is 0.295 e. The molecule has 0 spiro atoms. The monoisotopic (exact) mass is 214 g/mol. The van der Waals surface area contributed by atoms with Crippen molar-refractivity contribution in [3.05, 3.63) is 40.4 Å². The van der Waals surface area contributed by atoms with E-state index in [1.807, 2.05) is 25.1 Å². The summed E-state index contributed by atoms with van der Waals surface area (Å²) in [6.07, 6.45) is 1.33. The summed E-state index contributed by atoms with van der Waals surface area (Å²) in [5, 5.41) is 0.952.